The lowest BCUT2D eigenvalue weighted by Crippen LogP contribution is -2.38. The molecule has 0 saturated heterocycles. The molecule has 1 aromatic carbocycles. The van der Waals surface area contributed by atoms with Gasteiger partial charge in [-0.2, -0.15) is 0 Å². The van der Waals surface area contributed by atoms with Crippen molar-refractivity contribution >= 4 is 29.9 Å². The van der Waals surface area contributed by atoms with Crippen LogP contribution in [0.1, 0.15) is 29.3 Å². The maximum atomic E-state index is 4.74. The minimum atomic E-state index is 0. The molecular formula is C19H27IN4. The quantitative estimate of drug-likeness (QED) is 0.437. The van der Waals surface area contributed by atoms with Crippen LogP contribution in [0.2, 0.25) is 0 Å². The molecule has 2 rings (SSSR count). The Bertz CT molecular complexity index is 670. The van der Waals surface area contributed by atoms with Gasteiger partial charge in [0, 0.05) is 26.3 Å². The zero-order valence-electron chi connectivity index (χ0n) is 14.9. The molecule has 4 nitrogen and oxygen atoms in total. The van der Waals surface area contributed by atoms with Crippen LogP contribution in [0.5, 0.6) is 0 Å². The Balaban J connectivity index is 0.00000288. The fraction of sp³-hybridized carbons (Fsp3) is 0.368. The average Bonchev–Trinajstić information content (AvgIpc) is 2.55. The number of rotatable bonds is 5. The highest BCUT2D eigenvalue weighted by Gasteiger charge is 2.08. The molecule has 0 spiro atoms. The number of aromatic nitrogens is 1. The number of aliphatic imine (C=N–C) groups is 1. The molecule has 5 heteroatoms. The van der Waals surface area contributed by atoms with Gasteiger partial charge in [0.15, 0.2) is 5.96 Å². The van der Waals surface area contributed by atoms with Crippen molar-refractivity contribution in [2.75, 3.05) is 13.6 Å². The van der Waals surface area contributed by atoms with E-state index in [9.17, 15) is 0 Å². The summed E-state index contributed by atoms with van der Waals surface area (Å²) in [5.41, 5.74) is 4.81. The summed E-state index contributed by atoms with van der Waals surface area (Å²) in [5.74, 6) is 0.904. The lowest BCUT2D eigenvalue weighted by Gasteiger charge is -2.23. The molecule has 0 saturated carbocycles. The largest absolute Gasteiger partial charge is 0.357 e. The summed E-state index contributed by atoms with van der Waals surface area (Å²) in [6.45, 7) is 8.57. The van der Waals surface area contributed by atoms with Crippen molar-refractivity contribution in [2.45, 2.75) is 33.9 Å². The third-order valence-corrected chi connectivity index (χ3v) is 3.86. The van der Waals surface area contributed by atoms with Crippen LogP contribution in [-0.2, 0) is 13.1 Å². The Morgan fingerprint density at radius 1 is 1.12 bits per heavy atom. The van der Waals surface area contributed by atoms with E-state index in [1.54, 1.807) is 0 Å². The van der Waals surface area contributed by atoms with E-state index in [4.69, 9.17) is 4.99 Å². The summed E-state index contributed by atoms with van der Waals surface area (Å²) in [4.78, 5) is 11.3. The van der Waals surface area contributed by atoms with Gasteiger partial charge in [0.2, 0.25) is 0 Å². The summed E-state index contributed by atoms with van der Waals surface area (Å²) in [6.07, 6.45) is 1.82. The van der Waals surface area contributed by atoms with E-state index in [1.165, 1.54) is 16.7 Å². The molecule has 0 radical (unpaired) electrons. The predicted octanol–water partition coefficient (Wildman–Crippen LogP) is 3.91. The van der Waals surface area contributed by atoms with E-state index in [0.717, 1.165) is 24.7 Å². The molecule has 0 aliphatic carbocycles. The van der Waals surface area contributed by atoms with E-state index < -0.39 is 0 Å². The fourth-order valence-corrected chi connectivity index (χ4v) is 2.42. The van der Waals surface area contributed by atoms with Gasteiger partial charge in [-0.15, -0.1) is 24.0 Å². The van der Waals surface area contributed by atoms with Crippen LogP contribution >= 0.6 is 24.0 Å². The summed E-state index contributed by atoms with van der Waals surface area (Å²) < 4.78 is 0. The van der Waals surface area contributed by atoms with Crippen LogP contribution < -0.4 is 5.32 Å². The Morgan fingerprint density at radius 3 is 2.50 bits per heavy atom. The second kappa shape index (κ2) is 10.3. The first-order valence-corrected chi connectivity index (χ1v) is 8.06. The minimum Gasteiger partial charge on any atom is -0.357 e. The highest BCUT2D eigenvalue weighted by Crippen LogP contribution is 2.10. The smallest absolute Gasteiger partial charge is 0.194 e. The van der Waals surface area contributed by atoms with Crippen LogP contribution in [0.25, 0.3) is 0 Å². The van der Waals surface area contributed by atoms with Crippen LogP contribution in [-0.4, -0.2) is 29.4 Å². The van der Waals surface area contributed by atoms with Crippen LogP contribution in [0, 0.1) is 13.8 Å². The normalized spacial score (nSPS) is 10.9. The van der Waals surface area contributed by atoms with Gasteiger partial charge in [0.05, 0.1) is 12.2 Å². The fourth-order valence-electron chi connectivity index (χ4n) is 2.42. The topological polar surface area (TPSA) is 40.5 Å². The van der Waals surface area contributed by atoms with E-state index in [-0.39, 0.29) is 24.0 Å². The number of nitrogens with zero attached hydrogens (tertiary/aromatic N) is 3. The van der Waals surface area contributed by atoms with Gasteiger partial charge in [-0.05, 0) is 43.5 Å². The van der Waals surface area contributed by atoms with Crippen LogP contribution in [0.3, 0.4) is 0 Å². The first-order valence-electron chi connectivity index (χ1n) is 8.06. The molecule has 24 heavy (non-hydrogen) atoms. The summed E-state index contributed by atoms with van der Waals surface area (Å²) >= 11 is 0. The molecule has 0 fully saturated rings. The molecule has 0 unspecified atom stereocenters. The first kappa shape index (κ1) is 20.4. The number of hydrogen-bond donors (Lipinski definition) is 1. The van der Waals surface area contributed by atoms with Crippen molar-refractivity contribution in [3.63, 3.8) is 0 Å². The first-order chi connectivity index (χ1) is 11.1. The summed E-state index contributed by atoms with van der Waals surface area (Å²) in [6, 6.07) is 12.5. The number of nitrogens with one attached hydrogen (secondary N) is 1. The zero-order valence-corrected chi connectivity index (χ0v) is 17.2. The number of guanidine groups is 1. The Labute approximate surface area is 162 Å². The van der Waals surface area contributed by atoms with Crippen molar-refractivity contribution in [3.05, 3.63) is 65.0 Å². The predicted molar refractivity (Wildman–Crippen MR) is 112 cm³/mol. The molecule has 1 aromatic heterocycles. The van der Waals surface area contributed by atoms with E-state index >= 15 is 0 Å². The van der Waals surface area contributed by atoms with Crippen molar-refractivity contribution in [2.24, 2.45) is 4.99 Å². The van der Waals surface area contributed by atoms with Crippen molar-refractivity contribution in [1.29, 1.82) is 0 Å². The number of aryl methyl sites for hydroxylation is 2. The van der Waals surface area contributed by atoms with Crippen molar-refractivity contribution in [3.8, 4) is 0 Å². The molecule has 2 aromatic rings. The standard InChI is InChI=1S/C19H26N4.HI/c1-5-20-19(22-13-18-16(3)10-8-12-21-18)23(4)14-17-11-7-6-9-15(17)2;/h6-12H,5,13-14H2,1-4H3,(H,20,22);1H. The second-order valence-electron chi connectivity index (χ2n) is 5.72. The summed E-state index contributed by atoms with van der Waals surface area (Å²) in [7, 11) is 2.07. The molecule has 0 amide bonds. The second-order valence-corrected chi connectivity index (χ2v) is 5.72. The molecule has 1 heterocycles. The zero-order chi connectivity index (χ0) is 16.7. The highest BCUT2D eigenvalue weighted by molar-refractivity contribution is 14.0. The minimum absolute atomic E-state index is 0. The average molecular weight is 438 g/mol. The van der Waals surface area contributed by atoms with Gasteiger partial charge in [0.1, 0.15) is 0 Å². The number of hydrogen-bond acceptors (Lipinski definition) is 2. The Morgan fingerprint density at radius 2 is 1.83 bits per heavy atom. The SMILES string of the molecule is CCNC(=NCc1ncccc1C)N(C)Cc1ccccc1C.I. The van der Waals surface area contributed by atoms with Gasteiger partial charge >= 0.3 is 0 Å². The lowest BCUT2D eigenvalue weighted by atomic mass is 10.1. The lowest BCUT2D eigenvalue weighted by molar-refractivity contribution is 0.475. The number of halogens is 1. The number of pyridine rings is 1. The molecule has 0 aliphatic rings. The molecule has 0 aliphatic heterocycles. The third-order valence-electron chi connectivity index (χ3n) is 3.86. The van der Waals surface area contributed by atoms with Crippen molar-refractivity contribution in [1.82, 2.24) is 15.2 Å². The van der Waals surface area contributed by atoms with Gasteiger partial charge in [0.25, 0.3) is 0 Å². The van der Waals surface area contributed by atoms with Crippen molar-refractivity contribution < 1.29 is 0 Å². The maximum Gasteiger partial charge on any atom is 0.194 e. The number of benzene rings is 1. The van der Waals surface area contributed by atoms with Crippen LogP contribution in [0.4, 0.5) is 0 Å². The Hall–Kier alpha value is -1.63. The van der Waals surface area contributed by atoms with Crippen LogP contribution in [0.15, 0.2) is 47.6 Å². The molecule has 0 bridgehead atoms. The van der Waals surface area contributed by atoms with Gasteiger partial charge in [-0.25, -0.2) is 4.99 Å². The highest BCUT2D eigenvalue weighted by atomic mass is 127. The van der Waals surface area contributed by atoms with Gasteiger partial charge in [-0.1, -0.05) is 30.3 Å². The van der Waals surface area contributed by atoms with E-state index in [1.807, 2.05) is 12.3 Å². The Kier molecular flexibility index (Phi) is 8.74. The third kappa shape index (κ3) is 5.78. The molecule has 0 atom stereocenters. The van der Waals surface area contributed by atoms with Gasteiger partial charge in [-0.3, -0.25) is 4.98 Å². The maximum absolute atomic E-state index is 4.74. The molecule has 1 N–H and O–H groups in total. The summed E-state index contributed by atoms with van der Waals surface area (Å²) in [5, 5.41) is 3.36. The van der Waals surface area contributed by atoms with Gasteiger partial charge < -0.3 is 10.2 Å². The molecule has 130 valence electrons. The monoisotopic (exact) mass is 438 g/mol. The van der Waals surface area contributed by atoms with E-state index in [0.29, 0.717) is 6.54 Å². The molecular weight excluding hydrogens is 411 g/mol. The van der Waals surface area contributed by atoms with E-state index in [2.05, 4.69) is 73.4 Å².